The predicted octanol–water partition coefficient (Wildman–Crippen LogP) is 3.88. The van der Waals surface area contributed by atoms with Gasteiger partial charge in [0.05, 0.1) is 27.4 Å². The standard InChI is InChI=1S/C22H26FNO5/c1-27-18-12-15(13-19(28-2)21(18)29-3)20(14-7-9-16(23)10-8-14)24-11-5-4-6-17(24)22(25)26/h7-10,12-13,17,20H,4-6,11H2,1-3H3,(H,25,26). The van der Waals surface area contributed by atoms with E-state index in [1.165, 1.54) is 33.5 Å². The lowest BCUT2D eigenvalue weighted by atomic mass is 9.91. The largest absolute Gasteiger partial charge is 0.493 e. The second kappa shape index (κ2) is 9.13. The van der Waals surface area contributed by atoms with Gasteiger partial charge in [0.2, 0.25) is 5.75 Å². The smallest absolute Gasteiger partial charge is 0.320 e. The Morgan fingerprint density at radius 1 is 1.03 bits per heavy atom. The molecule has 0 spiro atoms. The zero-order valence-electron chi connectivity index (χ0n) is 16.9. The molecule has 1 aliphatic rings. The van der Waals surface area contributed by atoms with Crippen LogP contribution in [0.25, 0.3) is 0 Å². The number of carbonyl (C=O) groups is 1. The van der Waals surface area contributed by atoms with Crippen LogP contribution in [0.2, 0.25) is 0 Å². The highest BCUT2D eigenvalue weighted by Crippen LogP contribution is 2.43. The number of hydrogen-bond acceptors (Lipinski definition) is 5. The molecule has 2 atom stereocenters. The molecule has 156 valence electrons. The molecule has 1 N–H and O–H groups in total. The third-order valence-electron chi connectivity index (χ3n) is 5.35. The van der Waals surface area contributed by atoms with Crippen molar-refractivity contribution >= 4 is 5.97 Å². The van der Waals surface area contributed by atoms with Crippen LogP contribution in [0.3, 0.4) is 0 Å². The molecule has 0 bridgehead atoms. The fraction of sp³-hybridized carbons (Fsp3) is 0.409. The van der Waals surface area contributed by atoms with Crippen LogP contribution in [0.1, 0.15) is 36.4 Å². The lowest BCUT2D eigenvalue weighted by Crippen LogP contribution is -2.46. The minimum Gasteiger partial charge on any atom is -0.493 e. The fourth-order valence-electron chi connectivity index (χ4n) is 4.01. The molecular weight excluding hydrogens is 377 g/mol. The molecule has 6 nitrogen and oxygen atoms in total. The van der Waals surface area contributed by atoms with Gasteiger partial charge in [0.1, 0.15) is 11.9 Å². The van der Waals surface area contributed by atoms with Gasteiger partial charge in [-0.15, -0.1) is 0 Å². The molecule has 0 aromatic heterocycles. The first kappa shape index (κ1) is 20.9. The molecule has 2 aromatic carbocycles. The van der Waals surface area contributed by atoms with Crippen molar-refractivity contribution in [3.05, 3.63) is 53.3 Å². The molecule has 0 radical (unpaired) electrons. The van der Waals surface area contributed by atoms with Gasteiger partial charge in [-0.05, 0) is 54.8 Å². The molecule has 0 amide bonds. The van der Waals surface area contributed by atoms with E-state index < -0.39 is 18.1 Å². The average Bonchev–Trinajstić information content (AvgIpc) is 2.74. The molecule has 1 saturated heterocycles. The SMILES string of the molecule is COc1cc(C(c2ccc(F)cc2)N2CCCCC2C(=O)O)cc(OC)c1OC. The molecular formula is C22H26FNO5. The van der Waals surface area contributed by atoms with Gasteiger partial charge in [0.25, 0.3) is 0 Å². The van der Waals surface area contributed by atoms with Crippen molar-refractivity contribution in [3.8, 4) is 17.2 Å². The second-order valence-electron chi connectivity index (χ2n) is 7.00. The molecule has 0 aliphatic carbocycles. The number of nitrogens with zero attached hydrogens (tertiary/aromatic N) is 1. The topological polar surface area (TPSA) is 68.2 Å². The number of rotatable bonds is 7. The predicted molar refractivity (Wildman–Crippen MR) is 106 cm³/mol. The molecule has 1 heterocycles. The summed E-state index contributed by atoms with van der Waals surface area (Å²) in [6.45, 7) is 0.621. The Morgan fingerprint density at radius 3 is 2.17 bits per heavy atom. The van der Waals surface area contributed by atoms with Gasteiger partial charge in [0.15, 0.2) is 11.5 Å². The van der Waals surface area contributed by atoms with Crippen LogP contribution in [0.4, 0.5) is 4.39 Å². The molecule has 7 heteroatoms. The number of halogens is 1. The number of piperidine rings is 1. The van der Waals surface area contributed by atoms with Crippen molar-refractivity contribution in [3.63, 3.8) is 0 Å². The van der Waals surface area contributed by atoms with E-state index in [2.05, 4.69) is 0 Å². The van der Waals surface area contributed by atoms with Crippen LogP contribution in [0, 0.1) is 5.82 Å². The summed E-state index contributed by atoms with van der Waals surface area (Å²) in [5, 5.41) is 9.81. The normalized spacial score (nSPS) is 18.1. The van der Waals surface area contributed by atoms with Gasteiger partial charge in [0, 0.05) is 0 Å². The van der Waals surface area contributed by atoms with Gasteiger partial charge in [-0.1, -0.05) is 18.6 Å². The van der Waals surface area contributed by atoms with E-state index in [-0.39, 0.29) is 5.82 Å². The number of methoxy groups -OCH3 is 3. The molecule has 0 saturated carbocycles. The van der Waals surface area contributed by atoms with Gasteiger partial charge in [-0.2, -0.15) is 0 Å². The molecule has 2 aromatic rings. The Balaban J connectivity index is 2.17. The summed E-state index contributed by atoms with van der Waals surface area (Å²) in [7, 11) is 4.60. The monoisotopic (exact) mass is 403 g/mol. The van der Waals surface area contributed by atoms with Gasteiger partial charge in [-0.3, -0.25) is 9.69 Å². The molecule has 29 heavy (non-hydrogen) atoms. The number of benzene rings is 2. The van der Waals surface area contributed by atoms with E-state index in [1.807, 2.05) is 17.0 Å². The van der Waals surface area contributed by atoms with E-state index in [9.17, 15) is 14.3 Å². The summed E-state index contributed by atoms with van der Waals surface area (Å²) < 4.78 is 30.0. The number of carboxylic acids is 1. The van der Waals surface area contributed by atoms with Gasteiger partial charge in [-0.25, -0.2) is 4.39 Å². The fourth-order valence-corrected chi connectivity index (χ4v) is 4.01. The van der Waals surface area contributed by atoms with Gasteiger partial charge >= 0.3 is 5.97 Å². The quantitative estimate of drug-likeness (QED) is 0.757. The lowest BCUT2D eigenvalue weighted by Gasteiger charge is -2.39. The number of ether oxygens (including phenoxy) is 3. The van der Waals surface area contributed by atoms with Crippen molar-refractivity contribution in [1.82, 2.24) is 4.90 Å². The Bertz CT molecular complexity index is 830. The van der Waals surface area contributed by atoms with Crippen molar-refractivity contribution < 1.29 is 28.5 Å². The number of hydrogen-bond donors (Lipinski definition) is 1. The molecule has 1 aliphatic heterocycles. The summed E-state index contributed by atoms with van der Waals surface area (Å²) in [6.07, 6.45) is 2.32. The first-order valence-corrected chi connectivity index (χ1v) is 9.54. The van der Waals surface area contributed by atoms with E-state index in [4.69, 9.17) is 14.2 Å². The van der Waals surface area contributed by atoms with E-state index >= 15 is 0 Å². The van der Waals surface area contributed by atoms with E-state index in [1.54, 1.807) is 12.1 Å². The third-order valence-corrected chi connectivity index (χ3v) is 5.35. The summed E-state index contributed by atoms with van der Waals surface area (Å²) in [5.74, 6) is 0.232. The third kappa shape index (κ3) is 4.29. The molecule has 2 unspecified atom stereocenters. The van der Waals surface area contributed by atoms with Crippen LogP contribution >= 0.6 is 0 Å². The minimum atomic E-state index is -0.857. The Labute approximate surface area is 169 Å². The Kier molecular flexibility index (Phi) is 6.59. The highest BCUT2D eigenvalue weighted by Gasteiger charge is 2.36. The van der Waals surface area contributed by atoms with Crippen molar-refractivity contribution in [1.29, 1.82) is 0 Å². The maximum atomic E-state index is 13.6. The van der Waals surface area contributed by atoms with Crippen LogP contribution < -0.4 is 14.2 Å². The van der Waals surface area contributed by atoms with Crippen molar-refractivity contribution in [2.75, 3.05) is 27.9 Å². The lowest BCUT2D eigenvalue weighted by molar-refractivity contribution is -0.145. The zero-order chi connectivity index (χ0) is 21.0. The van der Waals surface area contributed by atoms with E-state index in [0.29, 0.717) is 30.2 Å². The zero-order valence-corrected chi connectivity index (χ0v) is 16.9. The molecule has 1 fully saturated rings. The maximum Gasteiger partial charge on any atom is 0.320 e. The first-order valence-electron chi connectivity index (χ1n) is 9.54. The summed E-state index contributed by atoms with van der Waals surface area (Å²) in [4.78, 5) is 13.9. The highest BCUT2D eigenvalue weighted by atomic mass is 19.1. The minimum absolute atomic E-state index is 0.342. The van der Waals surface area contributed by atoms with E-state index in [0.717, 1.165) is 24.0 Å². The van der Waals surface area contributed by atoms with Crippen LogP contribution in [-0.2, 0) is 4.79 Å². The first-order chi connectivity index (χ1) is 14.0. The Morgan fingerprint density at radius 2 is 1.66 bits per heavy atom. The van der Waals surface area contributed by atoms with Crippen LogP contribution in [-0.4, -0.2) is 49.9 Å². The summed E-state index contributed by atoms with van der Waals surface area (Å²) in [5.41, 5.74) is 1.59. The molecule has 3 rings (SSSR count). The second-order valence-corrected chi connectivity index (χ2v) is 7.00. The average molecular weight is 403 g/mol. The number of likely N-dealkylation sites (tertiary alicyclic amines) is 1. The van der Waals surface area contributed by atoms with Crippen molar-refractivity contribution in [2.24, 2.45) is 0 Å². The van der Waals surface area contributed by atoms with Crippen LogP contribution in [0.5, 0.6) is 17.2 Å². The number of aliphatic carboxylic acids is 1. The Hall–Kier alpha value is -2.80. The summed E-state index contributed by atoms with van der Waals surface area (Å²) >= 11 is 0. The maximum absolute atomic E-state index is 13.6. The summed E-state index contributed by atoms with van der Waals surface area (Å²) in [6, 6.07) is 8.78. The van der Waals surface area contributed by atoms with Gasteiger partial charge < -0.3 is 19.3 Å². The number of carboxylic acid groups (broad SMARTS) is 1. The highest BCUT2D eigenvalue weighted by molar-refractivity contribution is 5.74. The van der Waals surface area contributed by atoms with Crippen LogP contribution in [0.15, 0.2) is 36.4 Å². The van der Waals surface area contributed by atoms with Crippen molar-refractivity contribution in [2.45, 2.75) is 31.3 Å².